The number of nitrogens with zero attached hydrogens (tertiary/aromatic N) is 6. The predicted molar refractivity (Wildman–Crippen MR) is 184 cm³/mol. The van der Waals surface area contributed by atoms with Gasteiger partial charge in [-0.2, -0.15) is 10.4 Å². The highest BCUT2D eigenvalue weighted by atomic mass is 28.4. The molecule has 0 aliphatic carbocycles. The third kappa shape index (κ3) is 7.01. The van der Waals surface area contributed by atoms with Crippen molar-refractivity contribution in [1.29, 1.82) is 5.26 Å². The van der Waals surface area contributed by atoms with Crippen LogP contribution in [0.1, 0.15) is 63.3 Å². The fourth-order valence-corrected chi connectivity index (χ4v) is 7.06. The maximum atomic E-state index is 10.8. The maximum Gasteiger partial charge on any atom is 0.409 e. The lowest BCUT2D eigenvalue weighted by Gasteiger charge is -2.39. The fraction of sp³-hybridized carbons (Fsp3) is 0.576. The second kappa shape index (κ2) is 13.4. The summed E-state index contributed by atoms with van der Waals surface area (Å²) in [4.78, 5) is 11.3. The Labute approximate surface area is 274 Å². The summed E-state index contributed by atoms with van der Waals surface area (Å²) in [5.41, 5.74) is 4.32. The van der Waals surface area contributed by atoms with Gasteiger partial charge >= 0.3 is 7.05 Å². The highest BCUT2D eigenvalue weighted by Crippen LogP contribution is 2.47. The molecule has 0 radical (unpaired) electrons. The van der Waals surface area contributed by atoms with Gasteiger partial charge in [0.15, 0.2) is 8.32 Å². The van der Waals surface area contributed by atoms with Crippen molar-refractivity contribution in [3.63, 3.8) is 0 Å². The average Bonchev–Trinajstić information content (AvgIpc) is 3.57. The third-order valence-electron chi connectivity index (χ3n) is 9.83. The van der Waals surface area contributed by atoms with Gasteiger partial charge in [-0.1, -0.05) is 27.7 Å². The Morgan fingerprint density at radius 1 is 1.24 bits per heavy atom. The quantitative estimate of drug-likeness (QED) is 0.250. The van der Waals surface area contributed by atoms with Crippen molar-refractivity contribution in [2.45, 2.75) is 83.4 Å². The van der Waals surface area contributed by atoms with Crippen molar-refractivity contribution in [2.24, 2.45) is 0 Å². The Morgan fingerprint density at radius 3 is 2.63 bits per heavy atom. The minimum atomic E-state index is -2.05. The van der Waals surface area contributed by atoms with Crippen molar-refractivity contribution in [3.05, 3.63) is 47.3 Å². The predicted octanol–water partition coefficient (Wildman–Crippen LogP) is 5.71. The number of anilines is 3. The molecule has 13 heteroatoms. The van der Waals surface area contributed by atoms with Crippen LogP contribution in [0.3, 0.4) is 0 Å². The van der Waals surface area contributed by atoms with E-state index in [2.05, 4.69) is 69.3 Å². The second-order valence-corrected chi connectivity index (χ2v) is 19.2. The first-order valence-electron chi connectivity index (χ1n) is 16.2. The molecule has 11 nitrogen and oxygen atoms in total. The summed E-state index contributed by atoms with van der Waals surface area (Å²) >= 11 is 0. The number of benzene rings is 1. The number of nitrogens with one attached hydrogen (secondary N) is 1. The number of aromatic nitrogens is 4. The van der Waals surface area contributed by atoms with E-state index in [-0.39, 0.29) is 5.04 Å². The zero-order chi connectivity index (χ0) is 33.3. The molecular weight excluding hydrogens is 597 g/mol. The third-order valence-corrected chi connectivity index (χ3v) is 14.3. The first-order chi connectivity index (χ1) is 21.8. The summed E-state index contributed by atoms with van der Waals surface area (Å²) in [6, 6.07) is 10.3. The molecule has 2 aliphatic heterocycles. The van der Waals surface area contributed by atoms with E-state index in [0.717, 1.165) is 54.4 Å². The van der Waals surface area contributed by atoms with Gasteiger partial charge in [0.25, 0.3) is 0 Å². The Balaban J connectivity index is 1.49. The molecule has 0 spiro atoms. The first kappa shape index (κ1) is 34.1. The molecule has 1 aromatic carbocycles. The van der Waals surface area contributed by atoms with Gasteiger partial charge in [-0.25, -0.2) is 14.6 Å². The molecule has 1 atom stereocenters. The lowest BCUT2D eigenvalue weighted by molar-refractivity contribution is 0.0843. The average molecular weight is 646 g/mol. The molecule has 46 heavy (non-hydrogen) atoms. The van der Waals surface area contributed by atoms with E-state index in [1.165, 1.54) is 0 Å². The van der Waals surface area contributed by atoms with Gasteiger partial charge in [0.05, 0.1) is 30.1 Å². The van der Waals surface area contributed by atoms with Gasteiger partial charge in [-0.15, -0.1) is 0 Å². The van der Waals surface area contributed by atoms with Crippen LogP contribution >= 0.6 is 0 Å². The molecule has 0 unspecified atom stereocenters. The van der Waals surface area contributed by atoms with Gasteiger partial charge < -0.3 is 29.1 Å². The zero-order valence-corrected chi connectivity index (χ0v) is 29.6. The van der Waals surface area contributed by atoms with E-state index in [1.54, 1.807) is 20.1 Å². The van der Waals surface area contributed by atoms with Gasteiger partial charge in [-0.05, 0) is 61.6 Å². The van der Waals surface area contributed by atoms with Crippen LogP contribution < -0.4 is 10.1 Å². The van der Waals surface area contributed by atoms with Crippen molar-refractivity contribution in [3.8, 4) is 17.3 Å². The van der Waals surface area contributed by atoms with Crippen LogP contribution in [-0.2, 0) is 25.9 Å². The summed E-state index contributed by atoms with van der Waals surface area (Å²) in [5.74, 6) is 1.57. The Bertz CT molecular complexity index is 1580. The van der Waals surface area contributed by atoms with E-state index >= 15 is 0 Å². The standard InChI is InChI=1S/C33H48BN7O4Si/c1-32(2,3)46(7,8)45-22-33(4)21-40(34(5)42)30-25(20-35)17-24(18-26(30)33)27-9-12-36-31(37-27)38-29-19-28(23-10-14-44-15-11-23)39-41(29)13-16-43-6/h9,12,17-19,23,42H,10-11,13-16,21-22H2,1-8H3,(H,36,37,38)/t33-/m1/s1. The molecule has 4 heterocycles. The van der Waals surface area contributed by atoms with E-state index < -0.39 is 20.8 Å². The van der Waals surface area contributed by atoms with Crippen LogP contribution in [0.5, 0.6) is 0 Å². The topological polar surface area (TPSA) is 131 Å². The molecule has 1 fully saturated rings. The summed E-state index contributed by atoms with van der Waals surface area (Å²) in [7, 11) is -1.13. The molecule has 0 saturated carbocycles. The van der Waals surface area contributed by atoms with Gasteiger partial charge in [0, 0.05) is 68.3 Å². The number of methoxy groups -OCH3 is 1. The van der Waals surface area contributed by atoms with Crippen LogP contribution in [0, 0.1) is 11.3 Å². The molecule has 1 saturated heterocycles. The van der Waals surface area contributed by atoms with Crippen LogP contribution in [0.25, 0.3) is 11.3 Å². The highest BCUT2D eigenvalue weighted by molar-refractivity contribution is 6.74. The summed E-state index contributed by atoms with van der Waals surface area (Å²) in [5, 5.41) is 29.4. The number of hydrogen-bond donors (Lipinski definition) is 2. The molecule has 2 N–H and O–H groups in total. The second-order valence-electron chi connectivity index (χ2n) is 14.3. The molecule has 2 aliphatic rings. The fourth-order valence-electron chi connectivity index (χ4n) is 5.95. The number of hydrogen-bond acceptors (Lipinski definition) is 10. The monoisotopic (exact) mass is 645 g/mol. The lowest BCUT2D eigenvalue weighted by Crippen LogP contribution is -2.47. The van der Waals surface area contributed by atoms with Crippen LogP contribution in [0.4, 0.5) is 17.5 Å². The van der Waals surface area contributed by atoms with Crippen molar-refractivity contribution < 1.29 is 18.9 Å². The molecule has 0 amide bonds. The molecular formula is C33H48BN7O4Si. The van der Waals surface area contributed by atoms with E-state index in [0.29, 0.717) is 49.4 Å². The minimum Gasteiger partial charge on any atom is -0.432 e. The lowest BCUT2D eigenvalue weighted by atomic mass is 9.83. The molecule has 0 bridgehead atoms. The summed E-state index contributed by atoms with van der Waals surface area (Å²) in [6.07, 6.45) is 3.61. The van der Waals surface area contributed by atoms with Gasteiger partial charge in [-0.3, -0.25) is 0 Å². The Kier molecular flexibility index (Phi) is 9.96. The van der Waals surface area contributed by atoms with E-state index in [4.69, 9.17) is 24.0 Å². The largest absolute Gasteiger partial charge is 0.432 e. The van der Waals surface area contributed by atoms with Gasteiger partial charge in [0.2, 0.25) is 5.95 Å². The van der Waals surface area contributed by atoms with E-state index in [1.807, 2.05) is 21.6 Å². The molecule has 3 aromatic rings. The van der Waals surface area contributed by atoms with E-state index in [9.17, 15) is 10.3 Å². The Morgan fingerprint density at radius 2 is 1.98 bits per heavy atom. The first-order valence-corrected chi connectivity index (χ1v) is 19.1. The summed E-state index contributed by atoms with van der Waals surface area (Å²) in [6.45, 7) is 18.7. The normalized spacial score (nSPS) is 18.8. The van der Waals surface area contributed by atoms with Gasteiger partial charge in [0.1, 0.15) is 11.9 Å². The highest BCUT2D eigenvalue weighted by Gasteiger charge is 2.46. The van der Waals surface area contributed by atoms with Crippen molar-refractivity contribution >= 4 is 32.8 Å². The van der Waals surface area contributed by atoms with Crippen LogP contribution in [0.2, 0.25) is 25.0 Å². The minimum absolute atomic E-state index is 0.0588. The molecule has 246 valence electrons. The van der Waals surface area contributed by atoms with Crippen molar-refractivity contribution in [2.75, 3.05) is 50.2 Å². The van der Waals surface area contributed by atoms with Crippen LogP contribution in [0.15, 0.2) is 30.5 Å². The maximum absolute atomic E-state index is 10.8. The molecule has 2 aromatic heterocycles. The smallest absolute Gasteiger partial charge is 0.409 e. The van der Waals surface area contributed by atoms with Crippen molar-refractivity contribution in [1.82, 2.24) is 19.7 Å². The zero-order valence-electron chi connectivity index (χ0n) is 28.6. The number of rotatable bonds is 11. The molecule has 5 rings (SSSR count). The SMILES string of the molecule is COCCn1nc(C2CCOCC2)cc1Nc1nccc(-c2cc(C#N)c3c(c2)[C@@](C)(CO[Si](C)(C)C(C)(C)C)CN3B(C)O)n1. The number of nitriles is 1. The Hall–Kier alpha value is -3.28. The number of fused-ring (bicyclic) bond motifs is 1. The van der Waals surface area contributed by atoms with Crippen LogP contribution in [-0.4, -0.2) is 80.2 Å². The number of ether oxygens (including phenoxy) is 2. The summed E-state index contributed by atoms with van der Waals surface area (Å²) < 4.78 is 19.6.